The topological polar surface area (TPSA) is 55.6 Å². The zero-order chi connectivity index (χ0) is 17.4. The zero-order valence-corrected chi connectivity index (χ0v) is 15.1. The maximum Gasteiger partial charge on any atom is 0.168 e. The number of aromatic nitrogens is 4. The normalized spacial score (nSPS) is 22.8. The molecule has 1 saturated carbocycles. The lowest BCUT2D eigenvalue weighted by molar-refractivity contribution is 0.178. The number of hydrogen-bond acceptors (Lipinski definition) is 4. The first-order valence-electron chi connectivity index (χ1n) is 9.02. The Bertz CT molecular complexity index is 868. The molecule has 1 aliphatic carbocycles. The van der Waals surface area contributed by atoms with Crippen LogP contribution in [0.5, 0.6) is 0 Å². The maximum absolute atomic E-state index is 4.54. The molecule has 1 fully saturated rings. The number of fused-ring (bicyclic) bond motifs is 1. The number of hydrogen-bond donors (Lipinski definition) is 1. The van der Waals surface area contributed by atoms with Gasteiger partial charge in [-0.1, -0.05) is 39.0 Å². The van der Waals surface area contributed by atoms with Crippen molar-refractivity contribution in [3.8, 4) is 5.69 Å². The summed E-state index contributed by atoms with van der Waals surface area (Å²) in [5.41, 5.74) is 2.22. The molecule has 0 bridgehead atoms. The largest absolute Gasteiger partial charge is 0.367 e. The second kappa shape index (κ2) is 6.14. The van der Waals surface area contributed by atoms with Gasteiger partial charge in [0.25, 0.3) is 0 Å². The van der Waals surface area contributed by atoms with Gasteiger partial charge in [0.05, 0.1) is 17.3 Å². The molecule has 2 heterocycles. The summed E-state index contributed by atoms with van der Waals surface area (Å²) in [5, 5.41) is 9.18. The Morgan fingerprint density at radius 3 is 2.68 bits per heavy atom. The molecule has 0 saturated heterocycles. The first kappa shape index (κ1) is 16.1. The van der Waals surface area contributed by atoms with Gasteiger partial charge in [-0.2, -0.15) is 5.10 Å². The first-order valence-corrected chi connectivity index (χ1v) is 9.02. The molecule has 2 aromatic heterocycles. The third-order valence-electron chi connectivity index (χ3n) is 5.09. The Morgan fingerprint density at radius 1 is 1.12 bits per heavy atom. The minimum Gasteiger partial charge on any atom is -0.367 e. The summed E-state index contributed by atoms with van der Waals surface area (Å²) >= 11 is 0. The summed E-state index contributed by atoms with van der Waals surface area (Å²) in [5.74, 6) is 1.62. The molecule has 1 aliphatic rings. The van der Waals surface area contributed by atoms with Gasteiger partial charge in [-0.3, -0.25) is 0 Å². The van der Waals surface area contributed by atoms with E-state index in [0.717, 1.165) is 34.9 Å². The van der Waals surface area contributed by atoms with E-state index < -0.39 is 0 Å². The van der Waals surface area contributed by atoms with Crippen molar-refractivity contribution < 1.29 is 0 Å². The summed E-state index contributed by atoms with van der Waals surface area (Å²) in [7, 11) is 0. The van der Waals surface area contributed by atoms with Crippen molar-refractivity contribution in [3.05, 3.63) is 42.9 Å². The van der Waals surface area contributed by atoms with E-state index >= 15 is 0 Å². The lowest BCUT2D eigenvalue weighted by atomic mass is 9.70. The van der Waals surface area contributed by atoms with Gasteiger partial charge >= 0.3 is 0 Å². The van der Waals surface area contributed by atoms with Gasteiger partial charge in [-0.25, -0.2) is 14.6 Å². The van der Waals surface area contributed by atoms with Crippen LogP contribution in [0.4, 0.5) is 5.82 Å². The fraction of sp³-hybridized carbons (Fsp3) is 0.450. The molecule has 1 aromatic carbocycles. The third kappa shape index (κ3) is 3.23. The second-order valence-corrected chi connectivity index (χ2v) is 8.11. The molecule has 0 aliphatic heterocycles. The van der Waals surface area contributed by atoms with E-state index in [1.54, 1.807) is 6.33 Å². The highest BCUT2D eigenvalue weighted by atomic mass is 15.3. The molecular formula is C20H25N5. The van der Waals surface area contributed by atoms with E-state index in [1.165, 1.54) is 12.8 Å². The van der Waals surface area contributed by atoms with Crippen molar-refractivity contribution in [2.24, 2.45) is 11.3 Å². The molecular weight excluding hydrogens is 310 g/mol. The summed E-state index contributed by atoms with van der Waals surface area (Å²) in [6.07, 6.45) is 7.12. The van der Waals surface area contributed by atoms with Crippen molar-refractivity contribution in [1.29, 1.82) is 0 Å². The predicted octanol–water partition coefficient (Wildman–Crippen LogP) is 4.44. The van der Waals surface area contributed by atoms with E-state index in [4.69, 9.17) is 0 Å². The molecule has 0 unspecified atom stereocenters. The van der Waals surface area contributed by atoms with Crippen molar-refractivity contribution in [2.45, 2.75) is 46.1 Å². The van der Waals surface area contributed by atoms with Crippen LogP contribution in [-0.4, -0.2) is 25.8 Å². The molecule has 0 spiro atoms. The van der Waals surface area contributed by atoms with Crippen LogP contribution in [0.2, 0.25) is 0 Å². The number of rotatable bonds is 3. The van der Waals surface area contributed by atoms with Crippen LogP contribution in [0.3, 0.4) is 0 Å². The predicted molar refractivity (Wildman–Crippen MR) is 101 cm³/mol. The van der Waals surface area contributed by atoms with E-state index in [2.05, 4.69) is 41.2 Å². The van der Waals surface area contributed by atoms with Crippen molar-refractivity contribution in [2.75, 3.05) is 5.32 Å². The second-order valence-electron chi connectivity index (χ2n) is 8.11. The van der Waals surface area contributed by atoms with Gasteiger partial charge in [0.2, 0.25) is 0 Å². The van der Waals surface area contributed by atoms with Crippen LogP contribution in [0.25, 0.3) is 16.7 Å². The number of benzene rings is 1. The molecule has 5 heteroatoms. The molecule has 2 atom stereocenters. The summed E-state index contributed by atoms with van der Waals surface area (Å²) in [6.45, 7) is 7.07. The van der Waals surface area contributed by atoms with Gasteiger partial charge in [0.1, 0.15) is 12.1 Å². The highest BCUT2D eigenvalue weighted by molar-refractivity contribution is 5.87. The lowest BCUT2D eigenvalue weighted by Crippen LogP contribution is -2.35. The summed E-state index contributed by atoms with van der Waals surface area (Å²) in [6, 6.07) is 10.5. The van der Waals surface area contributed by atoms with Crippen LogP contribution < -0.4 is 5.32 Å². The fourth-order valence-electron chi connectivity index (χ4n) is 4.37. The van der Waals surface area contributed by atoms with Crippen LogP contribution in [-0.2, 0) is 0 Å². The Hall–Kier alpha value is -2.43. The zero-order valence-electron chi connectivity index (χ0n) is 15.1. The number of nitrogens with one attached hydrogen (secondary N) is 1. The molecule has 5 nitrogen and oxygen atoms in total. The number of anilines is 1. The van der Waals surface area contributed by atoms with E-state index in [-0.39, 0.29) is 0 Å². The average Bonchev–Trinajstić information content (AvgIpc) is 2.99. The third-order valence-corrected chi connectivity index (χ3v) is 5.09. The standard InChI is InChI=1S/C20H25N5/c1-14-9-15(11-20(2,3)10-14)24-18-17-12-23-25(19(17)22-13-21-18)16-7-5-4-6-8-16/h4-8,12-15H,9-11H2,1-3H3,(H,21,22,24)/t14-,15+/m1/s1. The van der Waals surface area contributed by atoms with Gasteiger partial charge in [0, 0.05) is 6.04 Å². The van der Waals surface area contributed by atoms with Gasteiger partial charge < -0.3 is 5.32 Å². The molecule has 25 heavy (non-hydrogen) atoms. The lowest BCUT2D eigenvalue weighted by Gasteiger charge is -2.39. The Morgan fingerprint density at radius 2 is 1.92 bits per heavy atom. The van der Waals surface area contributed by atoms with E-state index in [9.17, 15) is 0 Å². The average molecular weight is 335 g/mol. The summed E-state index contributed by atoms with van der Waals surface area (Å²) in [4.78, 5) is 8.97. The van der Waals surface area contributed by atoms with Crippen molar-refractivity contribution in [1.82, 2.24) is 19.7 Å². The summed E-state index contributed by atoms with van der Waals surface area (Å²) < 4.78 is 1.87. The van der Waals surface area contributed by atoms with Crippen LogP contribution in [0.15, 0.2) is 42.9 Å². The maximum atomic E-state index is 4.54. The smallest absolute Gasteiger partial charge is 0.168 e. The minimum absolute atomic E-state index is 0.371. The molecule has 130 valence electrons. The molecule has 3 aromatic rings. The van der Waals surface area contributed by atoms with Gasteiger partial charge in [-0.05, 0) is 42.7 Å². The highest BCUT2D eigenvalue weighted by Gasteiger charge is 2.32. The van der Waals surface area contributed by atoms with Crippen LogP contribution in [0, 0.1) is 11.3 Å². The number of para-hydroxylation sites is 1. The first-order chi connectivity index (χ1) is 12.0. The number of nitrogens with zero attached hydrogens (tertiary/aromatic N) is 4. The Balaban J connectivity index is 1.66. The molecule has 4 rings (SSSR count). The molecule has 1 N–H and O–H groups in total. The molecule has 0 amide bonds. The Labute approximate surface area is 148 Å². The van der Waals surface area contributed by atoms with Crippen LogP contribution >= 0.6 is 0 Å². The minimum atomic E-state index is 0.371. The molecule has 0 radical (unpaired) electrons. The highest BCUT2D eigenvalue weighted by Crippen LogP contribution is 2.39. The van der Waals surface area contributed by atoms with E-state index in [1.807, 2.05) is 41.2 Å². The van der Waals surface area contributed by atoms with E-state index in [0.29, 0.717) is 11.5 Å². The van der Waals surface area contributed by atoms with Gasteiger partial charge in [-0.15, -0.1) is 0 Å². The SMILES string of the molecule is C[C@@H]1C[C@H](Nc2ncnc3c2cnn3-c2ccccc2)CC(C)(C)C1. The Kier molecular flexibility index (Phi) is 3.94. The van der Waals surface area contributed by atoms with Crippen LogP contribution in [0.1, 0.15) is 40.0 Å². The van der Waals surface area contributed by atoms with Crippen molar-refractivity contribution >= 4 is 16.9 Å². The fourth-order valence-corrected chi connectivity index (χ4v) is 4.37. The van der Waals surface area contributed by atoms with Gasteiger partial charge in [0.15, 0.2) is 5.65 Å². The van der Waals surface area contributed by atoms with Crippen molar-refractivity contribution in [3.63, 3.8) is 0 Å². The monoisotopic (exact) mass is 335 g/mol. The quantitative estimate of drug-likeness (QED) is 0.768.